The molecule has 0 aliphatic carbocycles. The van der Waals surface area contributed by atoms with E-state index in [0.717, 1.165) is 9.80 Å². The maximum absolute atomic E-state index is 11.6. The number of carbonyl (C=O) groups is 6. The maximum atomic E-state index is 11.6. The van der Waals surface area contributed by atoms with Crippen LogP contribution in [-0.2, 0) is 35.2 Å². The third-order valence-corrected chi connectivity index (χ3v) is 5.70. The molecule has 1 aromatic carbocycles. The van der Waals surface area contributed by atoms with E-state index in [1.165, 1.54) is 36.1 Å². The average Bonchev–Trinajstić information content (AvgIpc) is 2.86. The molecular formula is C24H31F3N4O14. The summed E-state index contributed by atoms with van der Waals surface area (Å²) in [6.07, 6.45) is -5.09. The van der Waals surface area contributed by atoms with Crippen molar-refractivity contribution in [2.75, 3.05) is 45.8 Å². The molecule has 1 rings (SSSR count). The number of nitro benzene ring substituents is 1. The highest BCUT2D eigenvalue weighted by atomic mass is 19.4. The molecule has 0 saturated heterocycles. The van der Waals surface area contributed by atoms with Gasteiger partial charge in [-0.3, -0.25) is 48.8 Å². The maximum Gasteiger partial charge on any atom is 0.490 e. The standard InChI is InChI=1S/C22H30N4O12.C2HF3O2/c1-14(24(10-19(29)30)11-20(31)32)7-23(9-18(27)28)8-17(25(12-21(33)34)13-22(35)36)6-15-2-4-16(5-3-15)26(37)38;3-2(4,5)1(6)7/h2-5,14,17H,6-13H2,1H3,(H,27,28)(H,29,30)(H,31,32)(H,33,34)(H,35,36);(H,6,7). The van der Waals surface area contributed by atoms with E-state index in [4.69, 9.17) is 20.1 Å². The largest absolute Gasteiger partial charge is 0.490 e. The van der Waals surface area contributed by atoms with Gasteiger partial charge in [0, 0.05) is 37.3 Å². The fourth-order valence-electron chi connectivity index (χ4n) is 3.89. The smallest absolute Gasteiger partial charge is 0.480 e. The molecule has 18 nitrogen and oxygen atoms in total. The number of benzene rings is 1. The number of halogens is 3. The van der Waals surface area contributed by atoms with Crippen LogP contribution in [0.5, 0.6) is 0 Å². The van der Waals surface area contributed by atoms with Crippen molar-refractivity contribution in [1.82, 2.24) is 14.7 Å². The van der Waals surface area contributed by atoms with Crippen LogP contribution in [0.2, 0.25) is 0 Å². The zero-order valence-electron chi connectivity index (χ0n) is 23.5. The number of alkyl halides is 3. The van der Waals surface area contributed by atoms with E-state index in [9.17, 15) is 62.6 Å². The van der Waals surface area contributed by atoms with Crippen LogP contribution in [-0.4, -0.2) is 150 Å². The first-order valence-corrected chi connectivity index (χ1v) is 12.4. The van der Waals surface area contributed by atoms with Crippen LogP contribution in [0.25, 0.3) is 0 Å². The monoisotopic (exact) mass is 656 g/mol. The molecule has 45 heavy (non-hydrogen) atoms. The zero-order chi connectivity index (χ0) is 35.1. The van der Waals surface area contributed by atoms with Gasteiger partial charge in [-0.05, 0) is 18.9 Å². The van der Waals surface area contributed by atoms with Crippen molar-refractivity contribution in [1.29, 1.82) is 0 Å². The van der Waals surface area contributed by atoms with Gasteiger partial charge in [0.25, 0.3) is 5.69 Å². The summed E-state index contributed by atoms with van der Waals surface area (Å²) in [4.78, 5) is 79.7. The predicted octanol–water partition coefficient (Wildman–Crippen LogP) is -0.143. The van der Waals surface area contributed by atoms with Gasteiger partial charge in [-0.1, -0.05) is 12.1 Å². The number of hydrogen-bond donors (Lipinski definition) is 6. The summed E-state index contributed by atoms with van der Waals surface area (Å²) >= 11 is 0. The van der Waals surface area contributed by atoms with E-state index in [-0.39, 0.29) is 25.2 Å². The van der Waals surface area contributed by atoms with Gasteiger partial charge in [0.15, 0.2) is 0 Å². The third kappa shape index (κ3) is 17.7. The third-order valence-electron chi connectivity index (χ3n) is 5.70. The molecule has 0 bridgehead atoms. The average molecular weight is 657 g/mol. The van der Waals surface area contributed by atoms with Gasteiger partial charge in [-0.15, -0.1) is 0 Å². The van der Waals surface area contributed by atoms with Crippen molar-refractivity contribution in [2.24, 2.45) is 0 Å². The fourth-order valence-corrected chi connectivity index (χ4v) is 3.89. The molecule has 252 valence electrons. The minimum absolute atomic E-state index is 0.00296. The van der Waals surface area contributed by atoms with E-state index >= 15 is 0 Å². The summed E-state index contributed by atoms with van der Waals surface area (Å²) < 4.78 is 31.7. The summed E-state index contributed by atoms with van der Waals surface area (Å²) in [5.74, 6) is -9.31. The van der Waals surface area contributed by atoms with Gasteiger partial charge in [-0.25, -0.2) is 4.79 Å². The van der Waals surface area contributed by atoms with E-state index in [1.807, 2.05) is 0 Å². The highest BCUT2D eigenvalue weighted by molar-refractivity contribution is 5.74. The molecule has 1 aromatic rings. The van der Waals surface area contributed by atoms with Crippen molar-refractivity contribution < 1.29 is 77.5 Å². The Morgan fingerprint density at radius 2 is 1.11 bits per heavy atom. The van der Waals surface area contributed by atoms with E-state index in [0.29, 0.717) is 5.56 Å². The number of carboxylic acids is 6. The van der Waals surface area contributed by atoms with Crippen molar-refractivity contribution in [3.63, 3.8) is 0 Å². The molecule has 0 spiro atoms. The number of carboxylic acid groups (broad SMARTS) is 6. The molecule has 0 aliphatic heterocycles. The van der Waals surface area contributed by atoms with Crippen molar-refractivity contribution in [3.8, 4) is 0 Å². The van der Waals surface area contributed by atoms with E-state index < -0.39 is 91.7 Å². The van der Waals surface area contributed by atoms with Gasteiger partial charge < -0.3 is 30.6 Å². The van der Waals surface area contributed by atoms with Crippen LogP contribution in [0, 0.1) is 10.1 Å². The number of non-ortho nitro benzene ring substituents is 1. The van der Waals surface area contributed by atoms with Crippen molar-refractivity contribution >= 4 is 41.5 Å². The first-order valence-electron chi connectivity index (χ1n) is 12.4. The Labute approximate surface area is 251 Å². The molecule has 0 radical (unpaired) electrons. The highest BCUT2D eigenvalue weighted by Crippen LogP contribution is 2.17. The van der Waals surface area contributed by atoms with Crippen molar-refractivity contribution in [3.05, 3.63) is 39.9 Å². The first kappa shape index (κ1) is 40.1. The summed E-state index contributed by atoms with van der Waals surface area (Å²) in [7, 11) is 0. The normalized spacial score (nSPS) is 12.6. The summed E-state index contributed by atoms with van der Waals surface area (Å²) in [5, 5.41) is 64.4. The van der Waals surface area contributed by atoms with Gasteiger partial charge in [0.05, 0.1) is 37.6 Å². The number of nitro groups is 1. The molecule has 0 amide bonds. The second kappa shape index (κ2) is 18.7. The Kier molecular flexibility index (Phi) is 16.7. The predicted molar refractivity (Wildman–Crippen MR) is 142 cm³/mol. The van der Waals surface area contributed by atoms with Gasteiger partial charge in [-0.2, -0.15) is 13.2 Å². The number of hydrogen-bond acceptors (Lipinski definition) is 11. The lowest BCUT2D eigenvalue weighted by atomic mass is 10.0. The van der Waals surface area contributed by atoms with Crippen LogP contribution in [0.1, 0.15) is 12.5 Å². The number of aliphatic carboxylic acids is 6. The van der Waals surface area contributed by atoms with E-state index in [1.54, 1.807) is 0 Å². The highest BCUT2D eigenvalue weighted by Gasteiger charge is 2.38. The molecule has 21 heteroatoms. The van der Waals surface area contributed by atoms with Crippen LogP contribution in [0.15, 0.2) is 24.3 Å². The van der Waals surface area contributed by atoms with Gasteiger partial charge >= 0.3 is 42.0 Å². The molecule has 0 fully saturated rings. The second-order valence-corrected chi connectivity index (χ2v) is 9.41. The molecule has 6 N–H and O–H groups in total. The summed E-state index contributed by atoms with van der Waals surface area (Å²) in [6, 6.07) is 3.60. The van der Waals surface area contributed by atoms with Gasteiger partial charge in [0.2, 0.25) is 0 Å². The van der Waals surface area contributed by atoms with E-state index in [2.05, 4.69) is 0 Å². The Hall–Kier alpha value is -4.89. The first-order chi connectivity index (χ1) is 20.6. The second-order valence-electron chi connectivity index (χ2n) is 9.41. The number of nitrogens with zero attached hydrogens (tertiary/aromatic N) is 4. The Morgan fingerprint density at radius 1 is 0.733 bits per heavy atom. The van der Waals surface area contributed by atoms with Crippen molar-refractivity contribution in [2.45, 2.75) is 31.6 Å². The minimum Gasteiger partial charge on any atom is -0.480 e. The van der Waals surface area contributed by atoms with Crippen LogP contribution >= 0.6 is 0 Å². The molecule has 2 unspecified atom stereocenters. The Bertz CT molecular complexity index is 1180. The lowest BCUT2D eigenvalue weighted by Crippen LogP contribution is -2.53. The number of rotatable bonds is 19. The molecule has 0 saturated carbocycles. The summed E-state index contributed by atoms with van der Waals surface area (Å²) in [6.45, 7) is -2.11. The molecule has 0 aromatic heterocycles. The molecule has 0 aliphatic rings. The SMILES string of the molecule is CC(CN(CC(=O)O)CC(Cc1ccc([N+](=O)[O-])cc1)N(CC(=O)O)CC(=O)O)N(CC(=O)O)CC(=O)O.O=C(O)C(F)(F)F. The Morgan fingerprint density at radius 3 is 1.44 bits per heavy atom. The molecular weight excluding hydrogens is 625 g/mol. The minimum atomic E-state index is -5.08. The van der Waals surface area contributed by atoms with Crippen LogP contribution < -0.4 is 0 Å². The zero-order valence-corrected chi connectivity index (χ0v) is 23.5. The van der Waals surface area contributed by atoms with Crippen LogP contribution in [0.4, 0.5) is 18.9 Å². The topological polar surface area (TPSA) is 277 Å². The lowest BCUT2D eigenvalue weighted by molar-refractivity contribution is -0.384. The Balaban J connectivity index is 0.00000246. The quantitative estimate of drug-likeness (QED) is 0.0834. The van der Waals surface area contributed by atoms with Crippen LogP contribution in [0.3, 0.4) is 0 Å². The molecule has 0 heterocycles. The van der Waals surface area contributed by atoms with Gasteiger partial charge in [0.1, 0.15) is 0 Å². The summed E-state index contributed by atoms with van der Waals surface area (Å²) in [5.41, 5.74) is 0.291. The molecule has 2 atom stereocenters. The lowest BCUT2D eigenvalue weighted by Gasteiger charge is -2.36. The fraction of sp³-hybridized carbons (Fsp3) is 0.500.